The topological polar surface area (TPSA) is 75.3 Å². The molecule has 2 N–H and O–H groups in total. The van der Waals surface area contributed by atoms with Crippen LogP contribution in [-0.4, -0.2) is 20.4 Å². The summed E-state index contributed by atoms with van der Waals surface area (Å²) < 4.78 is 42.0. The molecule has 28 heavy (non-hydrogen) atoms. The van der Waals surface area contributed by atoms with Crippen LogP contribution in [-0.2, 0) is 21.2 Å². The third-order valence-electron chi connectivity index (χ3n) is 3.80. The number of benzene rings is 2. The fourth-order valence-electron chi connectivity index (χ4n) is 2.52. The fourth-order valence-corrected chi connectivity index (χ4v) is 5.74. The Bertz CT molecular complexity index is 1070. The molecule has 3 rings (SSSR count). The van der Waals surface area contributed by atoms with E-state index in [1.807, 2.05) is 18.2 Å². The highest BCUT2D eigenvalue weighted by Crippen LogP contribution is 2.26. The van der Waals surface area contributed by atoms with Gasteiger partial charge in [-0.3, -0.25) is 4.79 Å². The average Bonchev–Trinajstić information content (AvgIpc) is 3.09. The van der Waals surface area contributed by atoms with Crippen molar-refractivity contribution in [2.24, 2.45) is 0 Å². The fraction of sp³-hybridized carbons (Fsp3) is 0.105. The molecule has 1 amide bonds. The molecule has 0 aliphatic carbocycles. The van der Waals surface area contributed by atoms with Crippen LogP contribution >= 0.6 is 27.3 Å². The Morgan fingerprint density at radius 3 is 2.46 bits per heavy atom. The van der Waals surface area contributed by atoms with Gasteiger partial charge in [0.15, 0.2) is 0 Å². The maximum absolute atomic E-state index is 13.4. The van der Waals surface area contributed by atoms with Gasteiger partial charge >= 0.3 is 0 Å². The summed E-state index contributed by atoms with van der Waals surface area (Å²) in [6.07, 6.45) is 0.147. The lowest BCUT2D eigenvalue weighted by atomic mass is 10.1. The Morgan fingerprint density at radius 2 is 1.82 bits per heavy atom. The summed E-state index contributed by atoms with van der Waals surface area (Å²) in [5, 5.41) is 2.57. The third-order valence-corrected chi connectivity index (χ3v) is 7.39. The molecule has 1 aromatic heterocycles. The van der Waals surface area contributed by atoms with Gasteiger partial charge in [0.25, 0.3) is 10.0 Å². The molecule has 0 saturated heterocycles. The Balaban J connectivity index is 1.85. The molecule has 146 valence electrons. The highest BCUT2D eigenvalue weighted by atomic mass is 79.9. The van der Waals surface area contributed by atoms with Crippen LogP contribution in [0, 0.1) is 5.82 Å². The van der Waals surface area contributed by atoms with Gasteiger partial charge in [-0.25, -0.2) is 12.8 Å². The number of hydrogen-bond donors (Lipinski definition) is 2. The molecule has 0 aliphatic rings. The predicted molar refractivity (Wildman–Crippen MR) is 111 cm³/mol. The number of hydrogen-bond acceptors (Lipinski definition) is 4. The van der Waals surface area contributed by atoms with E-state index in [0.717, 1.165) is 16.9 Å². The normalized spacial score (nSPS) is 12.5. The van der Waals surface area contributed by atoms with Crippen LogP contribution in [0.5, 0.6) is 0 Å². The molecule has 0 aliphatic heterocycles. The second-order valence-corrected chi connectivity index (χ2v) is 10.3. The maximum atomic E-state index is 13.4. The molecule has 1 unspecified atom stereocenters. The second-order valence-electron chi connectivity index (χ2n) is 5.92. The molecule has 3 aromatic rings. The van der Waals surface area contributed by atoms with Crippen molar-refractivity contribution in [1.82, 2.24) is 4.72 Å². The van der Waals surface area contributed by atoms with Crippen LogP contribution in [0.4, 0.5) is 10.1 Å². The first-order valence-electron chi connectivity index (χ1n) is 8.21. The van der Waals surface area contributed by atoms with Gasteiger partial charge in [0.1, 0.15) is 16.1 Å². The van der Waals surface area contributed by atoms with Gasteiger partial charge in [0.2, 0.25) is 5.91 Å². The van der Waals surface area contributed by atoms with Gasteiger partial charge in [0.05, 0.1) is 3.79 Å². The summed E-state index contributed by atoms with van der Waals surface area (Å²) in [4.78, 5) is 12.8. The van der Waals surface area contributed by atoms with Gasteiger partial charge in [-0.1, -0.05) is 36.4 Å². The molecule has 1 atom stereocenters. The number of sulfonamides is 1. The van der Waals surface area contributed by atoms with E-state index in [9.17, 15) is 17.6 Å². The number of rotatable bonds is 7. The summed E-state index contributed by atoms with van der Waals surface area (Å²) >= 11 is 4.28. The average molecular weight is 483 g/mol. The second kappa shape index (κ2) is 8.95. The van der Waals surface area contributed by atoms with Crippen LogP contribution in [0.25, 0.3) is 0 Å². The zero-order valence-electron chi connectivity index (χ0n) is 14.4. The van der Waals surface area contributed by atoms with Crippen LogP contribution in [0.3, 0.4) is 0 Å². The van der Waals surface area contributed by atoms with Crippen molar-refractivity contribution in [3.05, 3.63) is 81.9 Å². The summed E-state index contributed by atoms with van der Waals surface area (Å²) in [6.45, 7) is 0. The zero-order valence-corrected chi connectivity index (χ0v) is 17.7. The lowest BCUT2D eigenvalue weighted by molar-refractivity contribution is -0.117. The van der Waals surface area contributed by atoms with Crippen LogP contribution in [0.15, 0.2) is 74.7 Å². The molecule has 0 radical (unpaired) electrons. The molecule has 0 fully saturated rings. The largest absolute Gasteiger partial charge is 0.325 e. The molecule has 0 bridgehead atoms. The van der Waals surface area contributed by atoms with Gasteiger partial charge in [-0.15, -0.1) is 11.3 Å². The number of nitrogens with one attached hydrogen (secondary N) is 2. The summed E-state index contributed by atoms with van der Waals surface area (Å²) in [6, 6.07) is 16.5. The van der Waals surface area contributed by atoms with Crippen molar-refractivity contribution in [3.63, 3.8) is 0 Å². The summed E-state index contributed by atoms with van der Waals surface area (Å²) in [7, 11) is -3.90. The van der Waals surface area contributed by atoms with Crippen LogP contribution in [0.1, 0.15) is 5.56 Å². The molecule has 0 spiro atoms. The monoisotopic (exact) mass is 482 g/mol. The smallest absolute Gasteiger partial charge is 0.250 e. The van der Waals surface area contributed by atoms with Crippen molar-refractivity contribution >= 4 is 48.9 Å². The van der Waals surface area contributed by atoms with Crippen molar-refractivity contribution in [2.45, 2.75) is 16.7 Å². The van der Waals surface area contributed by atoms with E-state index in [4.69, 9.17) is 0 Å². The Labute approximate surface area is 174 Å². The van der Waals surface area contributed by atoms with E-state index >= 15 is 0 Å². The van der Waals surface area contributed by atoms with Gasteiger partial charge < -0.3 is 5.32 Å². The molecule has 5 nitrogen and oxygen atoms in total. The van der Waals surface area contributed by atoms with E-state index in [1.54, 1.807) is 18.2 Å². The molecule has 1 heterocycles. The minimum absolute atomic E-state index is 0.0935. The highest BCUT2D eigenvalue weighted by molar-refractivity contribution is 9.11. The molecular weight excluding hydrogens is 467 g/mol. The minimum atomic E-state index is -3.90. The Hall–Kier alpha value is -2.07. The first kappa shape index (κ1) is 20.7. The predicted octanol–water partition coefficient (Wildman–Crippen LogP) is 4.18. The van der Waals surface area contributed by atoms with E-state index in [0.29, 0.717) is 3.79 Å². The lowest BCUT2D eigenvalue weighted by Gasteiger charge is -2.18. The summed E-state index contributed by atoms with van der Waals surface area (Å²) in [5.74, 6) is -1.07. The first-order chi connectivity index (χ1) is 13.3. The SMILES string of the molecule is O=C(Nc1cccc(F)c1)C(Cc1ccccc1)NS(=O)(=O)c1ccc(Br)s1. The van der Waals surface area contributed by atoms with Crippen molar-refractivity contribution in [1.29, 1.82) is 0 Å². The minimum Gasteiger partial charge on any atom is -0.325 e. The third kappa shape index (κ3) is 5.48. The van der Waals surface area contributed by atoms with Gasteiger partial charge in [-0.2, -0.15) is 4.72 Å². The van der Waals surface area contributed by atoms with E-state index in [1.165, 1.54) is 30.3 Å². The summed E-state index contributed by atoms with van der Waals surface area (Å²) in [5.41, 5.74) is 1.04. The van der Waals surface area contributed by atoms with Crippen molar-refractivity contribution < 1.29 is 17.6 Å². The number of carbonyl (C=O) groups excluding carboxylic acids is 1. The number of anilines is 1. The zero-order chi connectivity index (χ0) is 20.1. The first-order valence-corrected chi connectivity index (χ1v) is 11.3. The number of halogens is 2. The van der Waals surface area contributed by atoms with E-state index in [2.05, 4.69) is 26.0 Å². The van der Waals surface area contributed by atoms with Crippen molar-refractivity contribution in [3.8, 4) is 0 Å². The quantitative estimate of drug-likeness (QED) is 0.530. The van der Waals surface area contributed by atoms with E-state index in [-0.39, 0.29) is 16.3 Å². The van der Waals surface area contributed by atoms with Gasteiger partial charge in [0, 0.05) is 5.69 Å². The van der Waals surface area contributed by atoms with Crippen LogP contribution in [0.2, 0.25) is 0 Å². The number of carbonyl (C=O) groups is 1. The van der Waals surface area contributed by atoms with E-state index < -0.39 is 27.8 Å². The standard InChI is InChI=1S/C19H16BrFN2O3S2/c20-17-9-10-18(27-17)28(25,26)23-16(11-13-5-2-1-3-6-13)19(24)22-15-8-4-7-14(21)12-15/h1-10,12,16,23H,11H2,(H,22,24). The highest BCUT2D eigenvalue weighted by Gasteiger charge is 2.27. The molecule has 2 aromatic carbocycles. The van der Waals surface area contributed by atoms with Crippen molar-refractivity contribution in [2.75, 3.05) is 5.32 Å². The van der Waals surface area contributed by atoms with Gasteiger partial charge in [-0.05, 0) is 58.2 Å². The lowest BCUT2D eigenvalue weighted by Crippen LogP contribution is -2.45. The molecular formula is C19H16BrFN2O3S2. The maximum Gasteiger partial charge on any atom is 0.250 e. The van der Waals surface area contributed by atoms with Crippen LogP contribution < -0.4 is 10.0 Å². The Kier molecular flexibility index (Phi) is 6.61. The number of thiophene rings is 1. The molecule has 9 heteroatoms. The Morgan fingerprint density at radius 1 is 1.07 bits per heavy atom. The molecule has 0 saturated carbocycles. The number of amides is 1.